The summed E-state index contributed by atoms with van der Waals surface area (Å²) in [7, 11) is 0. The average molecular weight is 407 g/mol. The van der Waals surface area contributed by atoms with Crippen LogP contribution in [0.25, 0.3) is 10.2 Å². The molecule has 0 aromatic carbocycles. The molecule has 146 valence electrons. The first-order chi connectivity index (χ1) is 13.1. The van der Waals surface area contributed by atoms with Gasteiger partial charge in [0.2, 0.25) is 11.9 Å². The van der Waals surface area contributed by atoms with Gasteiger partial charge in [0.1, 0.15) is 4.83 Å². The quantitative estimate of drug-likeness (QED) is 0.780. The molecule has 1 amide bonds. The largest absolute Gasteiger partial charge is 0.339 e. The van der Waals surface area contributed by atoms with Crippen LogP contribution < -0.4 is 10.5 Å². The number of amides is 1. The maximum Gasteiger partial charge on any atom is 0.263 e. The zero-order valence-corrected chi connectivity index (χ0v) is 17.6. The van der Waals surface area contributed by atoms with E-state index in [-0.39, 0.29) is 11.5 Å². The van der Waals surface area contributed by atoms with Gasteiger partial charge in [0, 0.05) is 37.6 Å². The van der Waals surface area contributed by atoms with Crippen molar-refractivity contribution in [1.29, 1.82) is 0 Å². The van der Waals surface area contributed by atoms with E-state index in [4.69, 9.17) is 4.98 Å². The van der Waals surface area contributed by atoms with Crippen molar-refractivity contribution in [2.45, 2.75) is 39.2 Å². The smallest absolute Gasteiger partial charge is 0.263 e. The van der Waals surface area contributed by atoms with Crippen molar-refractivity contribution in [3.63, 3.8) is 0 Å². The summed E-state index contributed by atoms with van der Waals surface area (Å²) in [6.07, 6.45) is 6.41. The lowest BCUT2D eigenvalue weighted by atomic mass is 9.97. The topological polar surface area (TPSA) is 58.4 Å². The molecule has 4 rings (SSSR count). The standard InChI is InChI=1S/C19H26N4O2S2/c1-3-23-18(25)16-13-6-4-5-7-14(13)27-17(16)20-19(23)22-10-8-21(9-11-22)15(24)12-26-2/h3-12H2,1-2H3. The monoisotopic (exact) mass is 406 g/mol. The van der Waals surface area contributed by atoms with Crippen LogP contribution in [0.5, 0.6) is 0 Å². The summed E-state index contributed by atoms with van der Waals surface area (Å²) in [4.78, 5) is 36.7. The fraction of sp³-hybridized carbons (Fsp3) is 0.632. The van der Waals surface area contributed by atoms with Gasteiger partial charge in [-0.1, -0.05) is 0 Å². The van der Waals surface area contributed by atoms with E-state index in [0.717, 1.165) is 48.5 Å². The van der Waals surface area contributed by atoms with Gasteiger partial charge in [-0.05, 0) is 44.4 Å². The fourth-order valence-electron chi connectivity index (χ4n) is 4.12. The first kappa shape index (κ1) is 18.8. The van der Waals surface area contributed by atoms with E-state index < -0.39 is 0 Å². The summed E-state index contributed by atoms with van der Waals surface area (Å²) >= 11 is 3.27. The predicted molar refractivity (Wildman–Crippen MR) is 113 cm³/mol. The normalized spacial score (nSPS) is 17.4. The van der Waals surface area contributed by atoms with E-state index >= 15 is 0 Å². The number of piperazine rings is 1. The molecule has 0 radical (unpaired) electrons. The van der Waals surface area contributed by atoms with Crippen LogP contribution in [-0.4, -0.2) is 58.5 Å². The van der Waals surface area contributed by atoms with Crippen molar-refractivity contribution >= 4 is 45.2 Å². The number of carbonyl (C=O) groups is 1. The van der Waals surface area contributed by atoms with Crippen LogP contribution >= 0.6 is 23.1 Å². The van der Waals surface area contributed by atoms with Gasteiger partial charge in [-0.15, -0.1) is 11.3 Å². The second-order valence-corrected chi connectivity index (χ2v) is 9.10. The number of nitrogens with zero attached hydrogens (tertiary/aromatic N) is 4. The molecule has 2 aromatic rings. The first-order valence-corrected chi connectivity index (χ1v) is 11.9. The summed E-state index contributed by atoms with van der Waals surface area (Å²) in [5.74, 6) is 1.50. The summed E-state index contributed by atoms with van der Waals surface area (Å²) in [5, 5.41) is 0.856. The summed E-state index contributed by atoms with van der Waals surface area (Å²) in [6.45, 7) is 5.46. The highest BCUT2D eigenvalue weighted by atomic mass is 32.2. The Bertz CT molecular complexity index is 913. The highest BCUT2D eigenvalue weighted by Crippen LogP contribution is 2.34. The van der Waals surface area contributed by atoms with Crippen LogP contribution in [0, 0.1) is 0 Å². The molecule has 27 heavy (non-hydrogen) atoms. The van der Waals surface area contributed by atoms with Crippen LogP contribution in [-0.2, 0) is 24.2 Å². The van der Waals surface area contributed by atoms with E-state index in [0.29, 0.717) is 25.4 Å². The second-order valence-electron chi connectivity index (χ2n) is 7.15. The van der Waals surface area contributed by atoms with Crippen molar-refractivity contribution in [3.05, 3.63) is 20.8 Å². The molecule has 0 bridgehead atoms. The molecular formula is C19H26N4O2S2. The van der Waals surface area contributed by atoms with Gasteiger partial charge in [0.05, 0.1) is 11.1 Å². The number of rotatable bonds is 4. The highest BCUT2D eigenvalue weighted by Gasteiger charge is 2.26. The molecule has 1 saturated heterocycles. The number of carbonyl (C=O) groups excluding carboxylic acids is 1. The molecule has 8 heteroatoms. The molecule has 1 aliphatic carbocycles. The van der Waals surface area contributed by atoms with Crippen LogP contribution in [0.3, 0.4) is 0 Å². The lowest BCUT2D eigenvalue weighted by Gasteiger charge is -2.36. The molecule has 3 heterocycles. The summed E-state index contributed by atoms with van der Waals surface area (Å²) in [6, 6.07) is 0. The van der Waals surface area contributed by atoms with Crippen LogP contribution in [0.15, 0.2) is 4.79 Å². The maximum absolute atomic E-state index is 13.2. The molecule has 0 N–H and O–H groups in total. The molecule has 0 unspecified atom stereocenters. The Morgan fingerprint density at radius 1 is 1.19 bits per heavy atom. The molecular weight excluding hydrogens is 380 g/mol. The Morgan fingerprint density at radius 3 is 2.63 bits per heavy atom. The van der Waals surface area contributed by atoms with Crippen molar-refractivity contribution in [3.8, 4) is 0 Å². The average Bonchev–Trinajstić information content (AvgIpc) is 3.07. The molecule has 0 spiro atoms. The minimum absolute atomic E-state index is 0.109. The molecule has 0 atom stereocenters. The summed E-state index contributed by atoms with van der Waals surface area (Å²) in [5.41, 5.74) is 1.36. The third-order valence-electron chi connectivity index (χ3n) is 5.55. The van der Waals surface area contributed by atoms with Crippen molar-refractivity contribution < 1.29 is 4.79 Å². The Balaban J connectivity index is 1.66. The predicted octanol–water partition coefficient (Wildman–Crippen LogP) is 2.37. The van der Waals surface area contributed by atoms with Crippen LogP contribution in [0.1, 0.15) is 30.2 Å². The number of hydrogen-bond donors (Lipinski definition) is 0. The van der Waals surface area contributed by atoms with E-state index in [1.807, 2.05) is 22.6 Å². The Kier molecular flexibility index (Phi) is 5.45. The van der Waals surface area contributed by atoms with E-state index in [9.17, 15) is 9.59 Å². The number of fused-ring (bicyclic) bond motifs is 3. The van der Waals surface area contributed by atoms with Crippen LogP contribution in [0.4, 0.5) is 5.95 Å². The van der Waals surface area contributed by atoms with Crippen LogP contribution in [0.2, 0.25) is 0 Å². The number of aryl methyl sites for hydroxylation is 2. The minimum atomic E-state index is 0.109. The number of hydrogen-bond acceptors (Lipinski definition) is 6. The third kappa shape index (κ3) is 3.38. The van der Waals surface area contributed by atoms with Crippen molar-refractivity contribution in [2.24, 2.45) is 0 Å². The zero-order valence-electron chi connectivity index (χ0n) is 16.0. The van der Waals surface area contributed by atoms with Crippen molar-refractivity contribution in [2.75, 3.05) is 43.1 Å². The lowest BCUT2D eigenvalue weighted by molar-refractivity contribution is -0.128. The number of thioether (sulfide) groups is 1. The SMILES string of the molecule is CCn1c(N2CCN(C(=O)CSC)CC2)nc2sc3c(c2c1=O)CCCC3. The van der Waals surface area contributed by atoms with Gasteiger partial charge in [-0.2, -0.15) is 11.8 Å². The van der Waals surface area contributed by atoms with Gasteiger partial charge in [0.25, 0.3) is 5.56 Å². The van der Waals surface area contributed by atoms with Crippen molar-refractivity contribution in [1.82, 2.24) is 14.5 Å². The van der Waals surface area contributed by atoms with E-state index in [1.165, 1.54) is 16.9 Å². The summed E-state index contributed by atoms with van der Waals surface area (Å²) < 4.78 is 1.82. The molecule has 2 aromatic heterocycles. The fourth-order valence-corrected chi connectivity index (χ4v) is 5.80. The van der Waals surface area contributed by atoms with Gasteiger partial charge in [-0.3, -0.25) is 14.2 Å². The molecule has 1 aliphatic heterocycles. The van der Waals surface area contributed by atoms with E-state index in [1.54, 1.807) is 23.1 Å². The first-order valence-electron chi connectivity index (χ1n) is 9.70. The number of anilines is 1. The Labute approximate surface area is 167 Å². The zero-order chi connectivity index (χ0) is 19.0. The third-order valence-corrected chi connectivity index (χ3v) is 7.28. The molecule has 6 nitrogen and oxygen atoms in total. The number of aromatic nitrogens is 2. The van der Waals surface area contributed by atoms with Gasteiger partial charge in [0.15, 0.2) is 0 Å². The molecule has 0 saturated carbocycles. The second kappa shape index (κ2) is 7.83. The Hall–Kier alpha value is -1.54. The lowest BCUT2D eigenvalue weighted by Crippen LogP contribution is -2.50. The highest BCUT2D eigenvalue weighted by molar-refractivity contribution is 7.99. The van der Waals surface area contributed by atoms with Gasteiger partial charge < -0.3 is 9.80 Å². The Morgan fingerprint density at radius 2 is 1.93 bits per heavy atom. The minimum Gasteiger partial charge on any atom is -0.339 e. The molecule has 1 fully saturated rings. The maximum atomic E-state index is 13.2. The van der Waals surface area contributed by atoms with E-state index in [2.05, 4.69) is 4.90 Å². The van der Waals surface area contributed by atoms with Gasteiger partial charge >= 0.3 is 0 Å². The van der Waals surface area contributed by atoms with Gasteiger partial charge in [-0.25, -0.2) is 4.98 Å². The number of thiophene rings is 1. The molecule has 2 aliphatic rings.